The van der Waals surface area contributed by atoms with Crippen LogP contribution in [0.2, 0.25) is 0 Å². The molecule has 0 saturated heterocycles. The Morgan fingerprint density at radius 1 is 0.333 bits per heavy atom. The Labute approximate surface area is 309 Å². The first-order valence-electron chi connectivity index (χ1n) is 21.3. The number of hydrogen-bond donors (Lipinski definition) is 0. The highest BCUT2D eigenvalue weighted by atomic mass is 16.3. The highest BCUT2D eigenvalue weighted by Crippen LogP contribution is 2.48. The van der Waals surface area contributed by atoms with E-state index in [1.807, 2.05) is 66.7 Å². The maximum absolute atomic E-state index is 9.47. The molecule has 0 aliphatic heterocycles. The SMILES string of the molecule is [2H]c1c([2H])c([2H])c(-c2ccc(-c3c([2H])c([2H])c([2H])c([2H])c3-c3c4ccccc4c(-c4cccc5oc6cc(-c7ccccc7)ccc6c45)c4ccccc34)cc2)c([2H])c1[2H]. The van der Waals surface area contributed by atoms with Crippen LogP contribution in [0.25, 0.3) is 99.1 Å². The van der Waals surface area contributed by atoms with Crippen LogP contribution < -0.4 is 0 Å². The van der Waals surface area contributed by atoms with Gasteiger partial charge in [0.2, 0.25) is 0 Å². The number of fused-ring (bicyclic) bond motifs is 5. The Bertz CT molecular complexity index is 3320. The maximum atomic E-state index is 9.47. The summed E-state index contributed by atoms with van der Waals surface area (Å²) in [6.07, 6.45) is 0. The van der Waals surface area contributed by atoms with Gasteiger partial charge in [-0.2, -0.15) is 0 Å². The van der Waals surface area contributed by atoms with Gasteiger partial charge in [-0.1, -0.05) is 176 Å². The van der Waals surface area contributed by atoms with E-state index < -0.39 is 18.1 Å². The lowest BCUT2D eigenvalue weighted by Gasteiger charge is -2.20. The summed E-state index contributed by atoms with van der Waals surface area (Å²) in [5.74, 6) is 0. The van der Waals surface area contributed by atoms with Crippen molar-refractivity contribution in [1.29, 1.82) is 0 Å². The molecule has 0 amide bonds. The molecule has 0 bridgehead atoms. The predicted octanol–water partition coefficient (Wildman–Crippen LogP) is 14.2. The minimum atomic E-state index is -0.479. The van der Waals surface area contributed by atoms with Crippen molar-refractivity contribution in [3.05, 3.63) is 194 Å². The smallest absolute Gasteiger partial charge is 0.136 e. The molecule has 0 aliphatic carbocycles. The van der Waals surface area contributed by atoms with Gasteiger partial charge in [-0.05, 0) is 95.4 Å². The van der Waals surface area contributed by atoms with Crippen molar-refractivity contribution in [1.82, 2.24) is 0 Å². The minimum Gasteiger partial charge on any atom is -0.456 e. The number of rotatable bonds is 5. The molecule has 0 spiro atoms. The second-order valence-electron chi connectivity index (χ2n) is 12.5. The molecule has 1 heteroatoms. The average Bonchev–Trinajstić information content (AvgIpc) is 3.67. The largest absolute Gasteiger partial charge is 0.456 e. The van der Waals surface area contributed by atoms with E-state index >= 15 is 0 Å². The van der Waals surface area contributed by atoms with Crippen LogP contribution in [0.3, 0.4) is 0 Å². The Kier molecular flexibility index (Phi) is 5.04. The molecule has 9 aromatic carbocycles. The summed E-state index contributed by atoms with van der Waals surface area (Å²) in [7, 11) is 0. The van der Waals surface area contributed by atoms with Crippen LogP contribution in [0.5, 0.6) is 0 Å². The van der Waals surface area contributed by atoms with Crippen molar-refractivity contribution in [2.45, 2.75) is 0 Å². The van der Waals surface area contributed by atoms with E-state index in [9.17, 15) is 2.74 Å². The number of furan rings is 1. The Morgan fingerprint density at radius 2 is 0.882 bits per heavy atom. The highest BCUT2D eigenvalue weighted by Gasteiger charge is 2.21. The van der Waals surface area contributed by atoms with Crippen molar-refractivity contribution < 1.29 is 16.8 Å². The molecule has 0 atom stereocenters. The molecule has 238 valence electrons. The van der Waals surface area contributed by atoms with Gasteiger partial charge in [0, 0.05) is 10.8 Å². The normalized spacial score (nSPS) is 14.0. The van der Waals surface area contributed by atoms with E-state index in [4.69, 9.17) is 14.0 Å². The zero-order valence-corrected chi connectivity index (χ0v) is 27.2. The van der Waals surface area contributed by atoms with E-state index in [1.165, 1.54) is 0 Å². The van der Waals surface area contributed by atoms with Gasteiger partial charge in [0.25, 0.3) is 0 Å². The van der Waals surface area contributed by atoms with Gasteiger partial charge < -0.3 is 4.42 Å². The number of benzene rings is 9. The first kappa shape index (κ1) is 21.4. The van der Waals surface area contributed by atoms with Gasteiger partial charge in [-0.3, -0.25) is 0 Å². The van der Waals surface area contributed by atoms with Crippen molar-refractivity contribution in [3.63, 3.8) is 0 Å². The third-order valence-electron chi connectivity index (χ3n) is 9.70. The zero-order chi connectivity index (χ0) is 41.6. The van der Waals surface area contributed by atoms with Crippen molar-refractivity contribution >= 4 is 43.5 Å². The van der Waals surface area contributed by atoms with Gasteiger partial charge in [0.1, 0.15) is 11.2 Å². The van der Waals surface area contributed by atoms with Crippen LogP contribution in [0.1, 0.15) is 12.3 Å². The molecule has 0 radical (unpaired) electrons. The maximum Gasteiger partial charge on any atom is 0.136 e. The molecule has 1 aromatic heterocycles. The van der Waals surface area contributed by atoms with Crippen LogP contribution in [-0.2, 0) is 0 Å². The topological polar surface area (TPSA) is 13.1 Å². The first-order chi connectivity index (χ1) is 29.0. The predicted molar refractivity (Wildman–Crippen MR) is 216 cm³/mol. The van der Waals surface area contributed by atoms with Crippen LogP contribution in [0.15, 0.2) is 198 Å². The lowest BCUT2D eigenvalue weighted by molar-refractivity contribution is 0.669. The van der Waals surface area contributed by atoms with Gasteiger partial charge in [-0.15, -0.1) is 0 Å². The Balaban J connectivity index is 1.24. The van der Waals surface area contributed by atoms with Crippen LogP contribution in [0.4, 0.5) is 0 Å². The summed E-state index contributed by atoms with van der Waals surface area (Å²) >= 11 is 0. The molecule has 1 heterocycles. The van der Waals surface area contributed by atoms with Crippen LogP contribution in [-0.4, -0.2) is 0 Å². The first-order valence-corrected chi connectivity index (χ1v) is 16.8. The van der Waals surface area contributed by atoms with E-state index in [2.05, 4.69) is 48.5 Å². The molecule has 10 aromatic rings. The lowest BCUT2D eigenvalue weighted by Crippen LogP contribution is -1.93. The molecule has 0 unspecified atom stereocenters. The molecule has 10 rings (SSSR count). The Hall–Kier alpha value is -6.70. The summed E-state index contributed by atoms with van der Waals surface area (Å²) in [4.78, 5) is 0. The zero-order valence-electron chi connectivity index (χ0n) is 36.2. The fourth-order valence-electron chi connectivity index (χ4n) is 7.45. The standard InChI is InChI=1S/C50H32O/c1-3-14-33(15-4-1)35-26-28-36(29-27-35)38-18-7-8-19-39(38)48-40-20-9-11-22-42(40)49(43-23-12-10-21-41(43)48)45-24-13-25-46-50(45)44-31-30-37(32-47(44)51-46)34-16-5-2-6-17-34/h1-32H/i1D,3D,4D,7D,8D,14D,15D,18D,19D. The molecule has 0 saturated carbocycles. The molecule has 51 heavy (non-hydrogen) atoms. The second-order valence-corrected chi connectivity index (χ2v) is 12.5. The molecule has 0 N–H and O–H groups in total. The van der Waals surface area contributed by atoms with Crippen molar-refractivity contribution in [2.75, 3.05) is 0 Å². The Morgan fingerprint density at radius 3 is 1.57 bits per heavy atom. The lowest BCUT2D eigenvalue weighted by atomic mass is 9.83. The van der Waals surface area contributed by atoms with E-state index in [-0.39, 0.29) is 47.4 Å². The van der Waals surface area contributed by atoms with E-state index in [0.29, 0.717) is 22.3 Å². The van der Waals surface area contributed by atoms with Gasteiger partial charge in [-0.25, -0.2) is 0 Å². The van der Waals surface area contributed by atoms with Crippen LogP contribution >= 0.6 is 0 Å². The van der Waals surface area contributed by atoms with E-state index in [1.54, 1.807) is 24.3 Å². The van der Waals surface area contributed by atoms with Crippen LogP contribution in [0, 0.1) is 0 Å². The number of hydrogen-bond acceptors (Lipinski definition) is 1. The quantitative estimate of drug-likeness (QED) is 0.168. The van der Waals surface area contributed by atoms with Crippen molar-refractivity contribution in [3.8, 4) is 55.6 Å². The third-order valence-corrected chi connectivity index (χ3v) is 9.70. The molecule has 0 fully saturated rings. The summed E-state index contributed by atoms with van der Waals surface area (Å²) in [5, 5.41) is 5.32. The molecular weight excluding hydrogens is 617 g/mol. The van der Waals surface area contributed by atoms with Gasteiger partial charge in [0.15, 0.2) is 0 Å². The summed E-state index contributed by atoms with van der Waals surface area (Å²) in [6, 6.07) is 41.9. The molecule has 0 aliphatic rings. The molecular formula is C50H32O. The minimum absolute atomic E-state index is 0.0485. The fraction of sp³-hybridized carbons (Fsp3) is 0. The average molecular weight is 658 g/mol. The highest BCUT2D eigenvalue weighted by molar-refractivity contribution is 6.26. The van der Waals surface area contributed by atoms with Gasteiger partial charge in [0.05, 0.1) is 12.3 Å². The summed E-state index contributed by atoms with van der Waals surface area (Å²) in [6.45, 7) is 0. The monoisotopic (exact) mass is 657 g/mol. The third kappa shape index (κ3) is 4.86. The van der Waals surface area contributed by atoms with Gasteiger partial charge >= 0.3 is 0 Å². The second kappa shape index (κ2) is 12.0. The fourth-order valence-corrected chi connectivity index (χ4v) is 7.45. The summed E-state index contributed by atoms with van der Waals surface area (Å²) < 4.78 is 84.5. The molecule has 1 nitrogen and oxygen atoms in total. The van der Waals surface area contributed by atoms with E-state index in [0.717, 1.165) is 65.7 Å². The summed E-state index contributed by atoms with van der Waals surface area (Å²) in [5.41, 5.74) is 7.78. The van der Waals surface area contributed by atoms with Crippen molar-refractivity contribution in [2.24, 2.45) is 0 Å².